The van der Waals surface area contributed by atoms with Gasteiger partial charge in [0, 0.05) is 43.2 Å². The molecule has 0 bridgehead atoms. The maximum atomic E-state index is 12.4. The van der Waals surface area contributed by atoms with Crippen LogP contribution in [0.2, 0.25) is 5.02 Å². The molecule has 3 aliphatic rings. The van der Waals surface area contributed by atoms with Crippen molar-refractivity contribution in [3.8, 4) is 0 Å². The number of amides is 2. The summed E-state index contributed by atoms with van der Waals surface area (Å²) < 4.78 is 6.46. The molecule has 2 aliphatic heterocycles. The summed E-state index contributed by atoms with van der Waals surface area (Å²) in [4.78, 5) is 17.4. The Morgan fingerprint density at radius 1 is 1.13 bits per heavy atom. The lowest BCUT2D eigenvalue weighted by Gasteiger charge is -2.42. The molecule has 0 radical (unpaired) electrons. The van der Waals surface area contributed by atoms with Crippen LogP contribution in [0.4, 0.5) is 10.5 Å². The molecule has 1 aromatic heterocycles. The number of nitrogens with zero attached hydrogens (tertiary/aromatic N) is 2. The van der Waals surface area contributed by atoms with Crippen LogP contribution in [0.15, 0.2) is 16.5 Å². The lowest BCUT2D eigenvalue weighted by molar-refractivity contribution is 0.0994. The number of anilines is 1. The average Bonchev–Trinajstić information content (AvgIpc) is 3.10. The van der Waals surface area contributed by atoms with Gasteiger partial charge < -0.3 is 15.1 Å². The second-order valence-electron chi connectivity index (χ2n) is 9.37. The number of benzene rings is 1. The number of hydrogen-bond donors (Lipinski definition) is 2. The molecule has 3 heterocycles. The summed E-state index contributed by atoms with van der Waals surface area (Å²) in [7, 11) is 0. The number of piperazine rings is 1. The SMILES string of the molecule is CC(C)N1CCN(Cc2cc3cc(Cl)c4c(c3o2)C2(CCCCC2)NC(=O)N4)CC1. The van der Waals surface area contributed by atoms with Crippen molar-refractivity contribution < 1.29 is 9.21 Å². The zero-order valence-electron chi connectivity index (χ0n) is 17.9. The summed E-state index contributed by atoms with van der Waals surface area (Å²) in [6.45, 7) is 9.62. The van der Waals surface area contributed by atoms with E-state index in [-0.39, 0.29) is 11.6 Å². The Labute approximate surface area is 182 Å². The fourth-order valence-electron chi connectivity index (χ4n) is 5.47. The monoisotopic (exact) mass is 430 g/mol. The minimum absolute atomic E-state index is 0.166. The molecule has 2 aromatic rings. The fourth-order valence-corrected chi connectivity index (χ4v) is 5.73. The Balaban J connectivity index is 1.48. The molecule has 1 spiro atoms. The van der Waals surface area contributed by atoms with Crippen LogP contribution in [-0.4, -0.2) is 48.1 Å². The highest BCUT2D eigenvalue weighted by Gasteiger charge is 2.43. The number of halogens is 1. The van der Waals surface area contributed by atoms with Gasteiger partial charge in [-0.05, 0) is 38.8 Å². The molecule has 0 unspecified atom stereocenters. The lowest BCUT2D eigenvalue weighted by atomic mass is 9.74. The molecule has 2 fully saturated rings. The predicted octanol–water partition coefficient (Wildman–Crippen LogP) is 4.91. The van der Waals surface area contributed by atoms with Crippen LogP contribution in [0.1, 0.15) is 57.3 Å². The molecule has 162 valence electrons. The van der Waals surface area contributed by atoms with Gasteiger partial charge in [-0.15, -0.1) is 0 Å². The van der Waals surface area contributed by atoms with Crippen LogP contribution in [0.3, 0.4) is 0 Å². The van der Waals surface area contributed by atoms with Gasteiger partial charge in [0.05, 0.1) is 22.8 Å². The normalized spacial score (nSPS) is 22.3. The molecule has 2 N–H and O–H groups in total. The van der Waals surface area contributed by atoms with Crippen LogP contribution in [0, 0.1) is 0 Å². The molecule has 30 heavy (non-hydrogen) atoms. The smallest absolute Gasteiger partial charge is 0.319 e. The van der Waals surface area contributed by atoms with E-state index in [4.69, 9.17) is 16.0 Å². The van der Waals surface area contributed by atoms with Crippen molar-refractivity contribution in [1.29, 1.82) is 0 Å². The number of urea groups is 1. The van der Waals surface area contributed by atoms with Crippen molar-refractivity contribution in [1.82, 2.24) is 15.1 Å². The van der Waals surface area contributed by atoms with Crippen molar-refractivity contribution in [2.24, 2.45) is 0 Å². The molecule has 1 aliphatic carbocycles. The Morgan fingerprint density at radius 2 is 1.87 bits per heavy atom. The molecule has 2 amide bonds. The minimum Gasteiger partial charge on any atom is -0.459 e. The number of carbonyl (C=O) groups excluding carboxylic acids is 1. The second-order valence-corrected chi connectivity index (χ2v) is 9.77. The van der Waals surface area contributed by atoms with Crippen LogP contribution < -0.4 is 10.6 Å². The Kier molecular flexibility index (Phi) is 5.20. The number of nitrogens with one attached hydrogen (secondary N) is 2. The third-order valence-corrected chi connectivity index (χ3v) is 7.40. The van der Waals surface area contributed by atoms with E-state index in [1.54, 1.807) is 0 Å². The summed E-state index contributed by atoms with van der Waals surface area (Å²) in [5.41, 5.74) is 2.26. The van der Waals surface area contributed by atoms with Gasteiger partial charge in [0.25, 0.3) is 0 Å². The van der Waals surface area contributed by atoms with E-state index >= 15 is 0 Å². The quantitative estimate of drug-likeness (QED) is 0.726. The first-order valence-corrected chi connectivity index (χ1v) is 11.6. The van der Waals surface area contributed by atoms with Crippen molar-refractivity contribution in [2.45, 2.75) is 64.1 Å². The number of carbonyl (C=O) groups is 1. The number of hydrogen-bond acceptors (Lipinski definition) is 4. The van der Waals surface area contributed by atoms with Crippen LogP contribution in [0.5, 0.6) is 0 Å². The summed E-state index contributed by atoms with van der Waals surface area (Å²) in [6, 6.07) is 4.49. The summed E-state index contributed by atoms with van der Waals surface area (Å²) in [6.07, 6.45) is 5.25. The zero-order chi connectivity index (χ0) is 20.9. The van der Waals surface area contributed by atoms with Gasteiger partial charge in [-0.25, -0.2) is 4.79 Å². The van der Waals surface area contributed by atoms with Gasteiger partial charge in [0.1, 0.15) is 11.3 Å². The van der Waals surface area contributed by atoms with Gasteiger partial charge in [-0.2, -0.15) is 0 Å². The highest BCUT2D eigenvalue weighted by atomic mass is 35.5. The Morgan fingerprint density at radius 3 is 2.57 bits per heavy atom. The largest absolute Gasteiger partial charge is 0.459 e. The third kappa shape index (κ3) is 3.49. The van der Waals surface area contributed by atoms with E-state index in [1.807, 2.05) is 6.07 Å². The summed E-state index contributed by atoms with van der Waals surface area (Å²) >= 11 is 6.64. The van der Waals surface area contributed by atoms with Crippen molar-refractivity contribution in [3.63, 3.8) is 0 Å². The standard InChI is InChI=1S/C23H31ClN4O2/c1-15(2)28-10-8-27(9-11-28)14-17-12-16-13-18(24)20-19(21(16)30-17)23(26-22(29)25-20)6-4-3-5-7-23/h12-13,15H,3-11,14H2,1-2H3,(H2,25,26,29). The van der Waals surface area contributed by atoms with E-state index in [2.05, 4.69) is 40.3 Å². The lowest BCUT2D eigenvalue weighted by Crippen LogP contribution is -2.52. The minimum atomic E-state index is -0.378. The third-order valence-electron chi connectivity index (χ3n) is 7.10. The number of fused-ring (bicyclic) bond motifs is 4. The molecule has 5 rings (SSSR count). The Bertz CT molecular complexity index is 956. The first kappa shape index (κ1) is 20.2. The van der Waals surface area contributed by atoms with Crippen LogP contribution in [-0.2, 0) is 12.1 Å². The number of furan rings is 1. The van der Waals surface area contributed by atoms with E-state index < -0.39 is 0 Å². The van der Waals surface area contributed by atoms with Crippen molar-refractivity contribution in [2.75, 3.05) is 31.5 Å². The Hall–Kier alpha value is -1.76. The van der Waals surface area contributed by atoms with Gasteiger partial charge >= 0.3 is 6.03 Å². The molecule has 7 heteroatoms. The van der Waals surface area contributed by atoms with Crippen LogP contribution >= 0.6 is 11.6 Å². The van der Waals surface area contributed by atoms with Gasteiger partial charge in [0.2, 0.25) is 0 Å². The highest BCUT2D eigenvalue weighted by Crippen LogP contribution is 2.49. The van der Waals surface area contributed by atoms with Gasteiger partial charge in [-0.1, -0.05) is 30.9 Å². The molecular formula is C23H31ClN4O2. The van der Waals surface area contributed by atoms with E-state index in [9.17, 15) is 4.79 Å². The van der Waals surface area contributed by atoms with E-state index in [0.29, 0.717) is 11.1 Å². The zero-order valence-corrected chi connectivity index (χ0v) is 18.6. The van der Waals surface area contributed by atoms with Crippen molar-refractivity contribution in [3.05, 3.63) is 28.5 Å². The predicted molar refractivity (Wildman–Crippen MR) is 120 cm³/mol. The van der Waals surface area contributed by atoms with E-state index in [1.165, 1.54) is 6.42 Å². The van der Waals surface area contributed by atoms with Crippen LogP contribution in [0.25, 0.3) is 11.0 Å². The summed E-state index contributed by atoms with van der Waals surface area (Å²) in [5, 5.41) is 7.79. The first-order valence-electron chi connectivity index (χ1n) is 11.3. The van der Waals surface area contributed by atoms with Gasteiger partial charge in [0.15, 0.2) is 0 Å². The fraction of sp³-hybridized carbons (Fsp3) is 0.609. The second kappa shape index (κ2) is 7.74. The molecular weight excluding hydrogens is 400 g/mol. The molecule has 0 atom stereocenters. The molecule has 1 aromatic carbocycles. The molecule has 1 saturated heterocycles. The maximum Gasteiger partial charge on any atom is 0.319 e. The molecule has 1 saturated carbocycles. The topological polar surface area (TPSA) is 60.8 Å². The summed E-state index contributed by atoms with van der Waals surface area (Å²) in [5.74, 6) is 0.968. The van der Waals surface area contributed by atoms with Gasteiger partial charge in [-0.3, -0.25) is 9.80 Å². The first-order chi connectivity index (χ1) is 14.4. The average molecular weight is 431 g/mol. The van der Waals surface area contributed by atoms with E-state index in [0.717, 1.165) is 86.4 Å². The van der Waals surface area contributed by atoms with Crippen molar-refractivity contribution >= 4 is 34.3 Å². The number of rotatable bonds is 3. The maximum absolute atomic E-state index is 12.4. The highest BCUT2D eigenvalue weighted by molar-refractivity contribution is 6.35. The molecule has 6 nitrogen and oxygen atoms in total.